The van der Waals surface area contributed by atoms with Gasteiger partial charge in [-0.3, -0.25) is 4.99 Å². The summed E-state index contributed by atoms with van der Waals surface area (Å²) in [5.41, 5.74) is 10.1. The van der Waals surface area contributed by atoms with E-state index in [1.54, 1.807) is 7.11 Å². The predicted octanol–water partition coefficient (Wildman–Crippen LogP) is 2.35. The lowest BCUT2D eigenvalue weighted by molar-refractivity contribution is -0.0222. The molecular weight excluding hydrogens is 290 g/mol. The van der Waals surface area contributed by atoms with E-state index in [0.29, 0.717) is 19.1 Å². The molecule has 1 aromatic carbocycles. The van der Waals surface area contributed by atoms with Crippen LogP contribution in [0.25, 0.3) is 0 Å². The van der Waals surface area contributed by atoms with Gasteiger partial charge in [0.1, 0.15) is 0 Å². The zero-order valence-corrected chi connectivity index (χ0v) is 13.9. The van der Waals surface area contributed by atoms with Crippen LogP contribution in [0, 0.1) is 5.41 Å². The molecule has 1 aliphatic heterocycles. The molecule has 1 heterocycles. The third-order valence-electron chi connectivity index (χ3n) is 4.96. The van der Waals surface area contributed by atoms with Crippen LogP contribution in [-0.4, -0.2) is 39.4 Å². The van der Waals surface area contributed by atoms with Crippen molar-refractivity contribution in [3.8, 4) is 0 Å². The van der Waals surface area contributed by atoms with E-state index in [0.717, 1.165) is 31.7 Å². The van der Waals surface area contributed by atoms with E-state index in [-0.39, 0.29) is 5.41 Å². The Morgan fingerprint density at radius 2 is 2.09 bits per heavy atom. The van der Waals surface area contributed by atoms with Crippen LogP contribution in [0.2, 0.25) is 0 Å². The summed E-state index contributed by atoms with van der Waals surface area (Å²) in [4.78, 5) is 4.58. The van der Waals surface area contributed by atoms with Crippen molar-refractivity contribution in [3.05, 3.63) is 29.3 Å². The van der Waals surface area contributed by atoms with Gasteiger partial charge in [-0.05, 0) is 55.4 Å². The number of nitrogens with one attached hydrogen (secondary N) is 1. The second-order valence-electron chi connectivity index (χ2n) is 6.71. The maximum Gasteiger partial charge on any atom is 0.193 e. The highest BCUT2D eigenvalue weighted by molar-refractivity contribution is 5.92. The molecule has 5 nitrogen and oxygen atoms in total. The number of methoxy groups -OCH3 is 1. The molecule has 1 aliphatic carbocycles. The number of hydrogen-bond acceptors (Lipinski definition) is 3. The van der Waals surface area contributed by atoms with Crippen LogP contribution in [0.1, 0.15) is 30.4 Å². The molecule has 5 heteroatoms. The molecule has 0 radical (unpaired) electrons. The summed E-state index contributed by atoms with van der Waals surface area (Å²) in [6.07, 6.45) is 5.55. The first-order chi connectivity index (χ1) is 11.2. The van der Waals surface area contributed by atoms with Gasteiger partial charge in [-0.2, -0.15) is 0 Å². The molecule has 2 aliphatic rings. The molecular formula is C18H27N3O2. The monoisotopic (exact) mass is 317 g/mol. The van der Waals surface area contributed by atoms with Crippen molar-refractivity contribution in [1.82, 2.24) is 0 Å². The van der Waals surface area contributed by atoms with E-state index in [1.807, 2.05) is 0 Å². The summed E-state index contributed by atoms with van der Waals surface area (Å²) in [6, 6.07) is 6.48. The molecule has 3 N–H and O–H groups in total. The van der Waals surface area contributed by atoms with Crippen molar-refractivity contribution in [2.24, 2.45) is 16.1 Å². The van der Waals surface area contributed by atoms with Gasteiger partial charge in [0.25, 0.3) is 0 Å². The van der Waals surface area contributed by atoms with Crippen molar-refractivity contribution in [1.29, 1.82) is 0 Å². The highest BCUT2D eigenvalue weighted by Crippen LogP contribution is 2.31. The normalized spacial score (nSPS) is 20.3. The van der Waals surface area contributed by atoms with E-state index in [2.05, 4.69) is 28.5 Å². The van der Waals surface area contributed by atoms with Crippen LogP contribution in [0.15, 0.2) is 23.2 Å². The summed E-state index contributed by atoms with van der Waals surface area (Å²) in [6.45, 7) is 2.92. The minimum atomic E-state index is 0.0528. The third kappa shape index (κ3) is 4.03. The number of nitrogens with zero attached hydrogens (tertiary/aromatic N) is 1. The molecule has 126 valence electrons. The van der Waals surface area contributed by atoms with E-state index in [9.17, 15) is 0 Å². The van der Waals surface area contributed by atoms with Gasteiger partial charge < -0.3 is 20.5 Å². The SMILES string of the molecule is COCC1(CN=C(N)Nc2ccc3c(c2)CCC3)CCOCC1. The van der Waals surface area contributed by atoms with Gasteiger partial charge in [-0.1, -0.05) is 6.07 Å². The van der Waals surface area contributed by atoms with E-state index >= 15 is 0 Å². The zero-order valence-electron chi connectivity index (χ0n) is 13.9. The number of aliphatic imine (C=N–C) groups is 1. The van der Waals surface area contributed by atoms with E-state index < -0.39 is 0 Å². The fraction of sp³-hybridized carbons (Fsp3) is 0.611. The number of rotatable bonds is 5. The van der Waals surface area contributed by atoms with Crippen LogP contribution in [0.4, 0.5) is 5.69 Å². The molecule has 0 atom stereocenters. The zero-order chi connectivity index (χ0) is 16.1. The first-order valence-electron chi connectivity index (χ1n) is 8.46. The molecule has 1 aromatic rings. The Morgan fingerprint density at radius 1 is 1.30 bits per heavy atom. The number of fused-ring (bicyclic) bond motifs is 1. The number of guanidine groups is 1. The lowest BCUT2D eigenvalue weighted by Gasteiger charge is -2.35. The number of benzene rings is 1. The summed E-state index contributed by atoms with van der Waals surface area (Å²) in [5.74, 6) is 0.477. The standard InChI is InChI=1S/C18H27N3O2/c1-22-13-18(7-9-23-10-8-18)12-20-17(19)21-16-6-5-14-3-2-4-15(14)11-16/h5-6,11H,2-4,7-10,12-13H2,1H3,(H3,19,20,21). The topological polar surface area (TPSA) is 68.9 Å². The lowest BCUT2D eigenvalue weighted by atomic mass is 9.81. The number of nitrogens with two attached hydrogens (primary N) is 1. The first kappa shape index (κ1) is 16.3. The highest BCUT2D eigenvalue weighted by Gasteiger charge is 2.32. The summed E-state index contributed by atoms with van der Waals surface area (Å²) in [5, 5.41) is 3.23. The molecule has 3 rings (SSSR count). The van der Waals surface area contributed by atoms with Crippen molar-refractivity contribution >= 4 is 11.6 Å². The Labute approximate surface area is 138 Å². The van der Waals surface area contributed by atoms with Gasteiger partial charge in [0.15, 0.2) is 5.96 Å². The molecule has 0 bridgehead atoms. The number of ether oxygens (including phenoxy) is 2. The summed E-state index contributed by atoms with van der Waals surface area (Å²) < 4.78 is 10.9. The van der Waals surface area contributed by atoms with Crippen LogP contribution in [-0.2, 0) is 22.3 Å². The Morgan fingerprint density at radius 3 is 2.87 bits per heavy atom. The van der Waals surface area contributed by atoms with Gasteiger partial charge in [0.2, 0.25) is 0 Å². The number of anilines is 1. The Kier molecular flexibility index (Phi) is 5.18. The van der Waals surface area contributed by atoms with Crippen LogP contribution in [0.3, 0.4) is 0 Å². The van der Waals surface area contributed by atoms with Gasteiger partial charge in [-0.15, -0.1) is 0 Å². The molecule has 0 aromatic heterocycles. The molecule has 23 heavy (non-hydrogen) atoms. The second-order valence-corrected chi connectivity index (χ2v) is 6.71. The lowest BCUT2D eigenvalue weighted by Crippen LogP contribution is -2.37. The Balaban J connectivity index is 1.62. The van der Waals surface area contributed by atoms with Crippen LogP contribution in [0.5, 0.6) is 0 Å². The molecule has 0 spiro atoms. The highest BCUT2D eigenvalue weighted by atomic mass is 16.5. The quantitative estimate of drug-likeness (QED) is 0.646. The molecule has 0 amide bonds. The average molecular weight is 317 g/mol. The predicted molar refractivity (Wildman–Crippen MR) is 92.9 cm³/mol. The summed E-state index contributed by atoms with van der Waals surface area (Å²) in [7, 11) is 1.74. The Bertz CT molecular complexity index is 560. The van der Waals surface area contributed by atoms with E-state index in [4.69, 9.17) is 15.2 Å². The smallest absolute Gasteiger partial charge is 0.193 e. The van der Waals surface area contributed by atoms with Crippen molar-refractivity contribution < 1.29 is 9.47 Å². The van der Waals surface area contributed by atoms with Crippen molar-refractivity contribution in [2.75, 3.05) is 38.8 Å². The van der Waals surface area contributed by atoms with Crippen molar-refractivity contribution in [3.63, 3.8) is 0 Å². The molecule has 0 saturated carbocycles. The number of hydrogen-bond donors (Lipinski definition) is 2. The minimum Gasteiger partial charge on any atom is -0.384 e. The molecule has 1 fully saturated rings. The largest absolute Gasteiger partial charge is 0.384 e. The number of aryl methyl sites for hydroxylation is 2. The van der Waals surface area contributed by atoms with Gasteiger partial charge >= 0.3 is 0 Å². The van der Waals surface area contributed by atoms with Crippen LogP contribution < -0.4 is 11.1 Å². The first-order valence-corrected chi connectivity index (χ1v) is 8.46. The van der Waals surface area contributed by atoms with Gasteiger partial charge in [-0.25, -0.2) is 0 Å². The van der Waals surface area contributed by atoms with E-state index in [1.165, 1.54) is 30.4 Å². The molecule has 0 unspecified atom stereocenters. The second kappa shape index (κ2) is 7.32. The minimum absolute atomic E-state index is 0.0528. The third-order valence-corrected chi connectivity index (χ3v) is 4.96. The fourth-order valence-electron chi connectivity index (χ4n) is 3.55. The summed E-state index contributed by atoms with van der Waals surface area (Å²) >= 11 is 0. The fourth-order valence-corrected chi connectivity index (χ4v) is 3.55. The van der Waals surface area contributed by atoms with Crippen LogP contribution >= 0.6 is 0 Å². The maximum atomic E-state index is 6.09. The Hall–Kier alpha value is -1.59. The van der Waals surface area contributed by atoms with Gasteiger partial charge in [0, 0.05) is 31.4 Å². The van der Waals surface area contributed by atoms with Gasteiger partial charge in [0.05, 0.1) is 13.2 Å². The molecule has 1 saturated heterocycles. The maximum absolute atomic E-state index is 6.09. The average Bonchev–Trinajstić information content (AvgIpc) is 3.02. The van der Waals surface area contributed by atoms with Crippen molar-refractivity contribution in [2.45, 2.75) is 32.1 Å².